The zero-order valence-corrected chi connectivity index (χ0v) is 12.6. The van der Waals surface area contributed by atoms with E-state index in [2.05, 4.69) is 54.6 Å². The van der Waals surface area contributed by atoms with Gasteiger partial charge < -0.3 is 10.8 Å². The minimum atomic E-state index is -0.0434. The van der Waals surface area contributed by atoms with Crippen LogP contribution in [0.15, 0.2) is 54.6 Å². The van der Waals surface area contributed by atoms with Crippen LogP contribution in [0.3, 0.4) is 0 Å². The summed E-state index contributed by atoms with van der Waals surface area (Å²) in [6.07, 6.45) is 1.53. The maximum Gasteiger partial charge on any atom is 0.0431 e. The maximum atomic E-state index is 9.03. The number of fused-ring (bicyclic) bond motifs is 2. The highest BCUT2D eigenvalue weighted by Gasteiger charge is 2.13. The molecule has 3 N–H and O–H groups in total. The van der Waals surface area contributed by atoms with Crippen LogP contribution in [0.2, 0.25) is 0 Å². The van der Waals surface area contributed by atoms with Gasteiger partial charge in [-0.3, -0.25) is 0 Å². The molecule has 0 spiro atoms. The van der Waals surface area contributed by atoms with E-state index in [0.717, 1.165) is 12.8 Å². The number of aliphatic hydroxyl groups excluding tert-OH is 1. The molecular weight excluding hydrogens is 282 g/mol. The Labute approximate surface area is 131 Å². The van der Waals surface area contributed by atoms with Crippen molar-refractivity contribution in [1.82, 2.24) is 0 Å². The molecule has 0 aliphatic rings. The van der Waals surface area contributed by atoms with E-state index in [-0.39, 0.29) is 25.1 Å². The summed E-state index contributed by atoms with van der Waals surface area (Å²) in [6, 6.07) is 18.9. The fraction of sp³-hybridized carbons (Fsp3) is 0.222. The summed E-state index contributed by atoms with van der Waals surface area (Å²) in [6.45, 7) is 0.191. The standard InChI is InChI=1S/C18H19NO.ClH/c19-17(10-5-11-20)18-15-8-3-1-6-13(15)12-14-7-2-4-9-16(14)18;/h1-4,6-9,12,17,20H,5,10-11,19H2;1H/t17-;/m1./s1. The predicted octanol–water partition coefficient (Wildman–Crippen LogP) is 4.19. The summed E-state index contributed by atoms with van der Waals surface area (Å²) < 4.78 is 0. The molecule has 0 fully saturated rings. The third-order valence-corrected chi connectivity index (χ3v) is 3.86. The Kier molecular flexibility index (Phi) is 5.18. The lowest BCUT2D eigenvalue weighted by Crippen LogP contribution is -2.12. The van der Waals surface area contributed by atoms with Crippen molar-refractivity contribution in [2.45, 2.75) is 18.9 Å². The van der Waals surface area contributed by atoms with E-state index in [4.69, 9.17) is 10.8 Å². The van der Waals surface area contributed by atoms with E-state index in [1.807, 2.05) is 0 Å². The topological polar surface area (TPSA) is 46.2 Å². The molecule has 2 nitrogen and oxygen atoms in total. The molecule has 0 aliphatic carbocycles. The van der Waals surface area contributed by atoms with Gasteiger partial charge in [-0.2, -0.15) is 0 Å². The summed E-state index contributed by atoms with van der Waals surface area (Å²) in [5, 5.41) is 13.9. The van der Waals surface area contributed by atoms with Crippen LogP contribution in [-0.2, 0) is 0 Å². The van der Waals surface area contributed by atoms with Crippen molar-refractivity contribution in [2.75, 3.05) is 6.61 Å². The summed E-state index contributed by atoms with van der Waals surface area (Å²) in [7, 11) is 0. The molecule has 0 saturated carbocycles. The molecule has 0 bridgehead atoms. The fourth-order valence-electron chi connectivity index (χ4n) is 2.90. The molecule has 0 heterocycles. The molecule has 3 heteroatoms. The van der Waals surface area contributed by atoms with Crippen LogP contribution in [0.4, 0.5) is 0 Å². The Balaban J connectivity index is 0.00000161. The Morgan fingerprint density at radius 2 is 1.43 bits per heavy atom. The van der Waals surface area contributed by atoms with Crippen LogP contribution in [0.25, 0.3) is 21.5 Å². The lowest BCUT2D eigenvalue weighted by Gasteiger charge is -2.17. The average Bonchev–Trinajstić information content (AvgIpc) is 2.50. The average molecular weight is 302 g/mol. The van der Waals surface area contributed by atoms with Crippen molar-refractivity contribution in [3.8, 4) is 0 Å². The van der Waals surface area contributed by atoms with Gasteiger partial charge in [-0.15, -0.1) is 12.4 Å². The second kappa shape index (κ2) is 6.90. The van der Waals surface area contributed by atoms with Gasteiger partial charge in [0.25, 0.3) is 0 Å². The first kappa shape index (κ1) is 15.8. The van der Waals surface area contributed by atoms with Crippen LogP contribution < -0.4 is 5.73 Å². The number of rotatable bonds is 4. The molecule has 3 aromatic rings. The monoisotopic (exact) mass is 301 g/mol. The highest BCUT2D eigenvalue weighted by molar-refractivity contribution is 6.02. The number of hydrogen-bond acceptors (Lipinski definition) is 2. The summed E-state index contributed by atoms with van der Waals surface area (Å²) in [4.78, 5) is 0. The Morgan fingerprint density at radius 3 is 1.95 bits per heavy atom. The molecule has 110 valence electrons. The number of hydrogen-bond donors (Lipinski definition) is 2. The van der Waals surface area contributed by atoms with Gasteiger partial charge in [-0.25, -0.2) is 0 Å². The number of benzene rings is 3. The smallest absolute Gasteiger partial charge is 0.0431 e. The zero-order valence-electron chi connectivity index (χ0n) is 11.8. The van der Waals surface area contributed by atoms with Gasteiger partial charge in [0.15, 0.2) is 0 Å². The Hall–Kier alpha value is -1.61. The summed E-state index contributed by atoms with van der Waals surface area (Å²) >= 11 is 0. The second-order valence-corrected chi connectivity index (χ2v) is 5.20. The lowest BCUT2D eigenvalue weighted by molar-refractivity contribution is 0.280. The van der Waals surface area contributed by atoms with Gasteiger partial charge in [0.05, 0.1) is 0 Å². The first-order chi connectivity index (χ1) is 9.81. The minimum Gasteiger partial charge on any atom is -0.396 e. The first-order valence-corrected chi connectivity index (χ1v) is 7.08. The van der Waals surface area contributed by atoms with Crippen molar-refractivity contribution in [1.29, 1.82) is 0 Å². The third kappa shape index (κ3) is 3.03. The van der Waals surface area contributed by atoms with E-state index in [1.165, 1.54) is 27.1 Å². The first-order valence-electron chi connectivity index (χ1n) is 7.08. The van der Waals surface area contributed by atoms with Crippen molar-refractivity contribution < 1.29 is 5.11 Å². The largest absolute Gasteiger partial charge is 0.396 e. The van der Waals surface area contributed by atoms with Crippen molar-refractivity contribution in [2.24, 2.45) is 5.73 Å². The molecule has 1 atom stereocenters. The van der Waals surface area contributed by atoms with Gasteiger partial charge in [0.2, 0.25) is 0 Å². The molecule has 0 aliphatic heterocycles. The molecule has 3 rings (SSSR count). The molecule has 0 aromatic heterocycles. The van der Waals surface area contributed by atoms with Crippen molar-refractivity contribution in [3.05, 3.63) is 60.2 Å². The highest BCUT2D eigenvalue weighted by Crippen LogP contribution is 2.33. The predicted molar refractivity (Wildman–Crippen MR) is 92.0 cm³/mol. The maximum absolute atomic E-state index is 9.03. The Morgan fingerprint density at radius 1 is 0.905 bits per heavy atom. The fourth-order valence-corrected chi connectivity index (χ4v) is 2.90. The summed E-state index contributed by atoms with van der Waals surface area (Å²) in [5.74, 6) is 0. The summed E-state index contributed by atoms with van der Waals surface area (Å²) in [5.41, 5.74) is 7.60. The number of halogens is 1. The Bertz CT molecular complexity index is 687. The molecular formula is C18H20ClNO. The van der Waals surface area contributed by atoms with Crippen molar-refractivity contribution in [3.63, 3.8) is 0 Å². The SMILES string of the molecule is Cl.N[C@H](CCCO)c1c2ccccc2cc2ccccc12. The van der Waals surface area contributed by atoms with E-state index >= 15 is 0 Å². The molecule has 21 heavy (non-hydrogen) atoms. The van der Waals surface area contributed by atoms with Crippen LogP contribution >= 0.6 is 12.4 Å². The van der Waals surface area contributed by atoms with E-state index < -0.39 is 0 Å². The molecule has 0 saturated heterocycles. The van der Waals surface area contributed by atoms with Crippen LogP contribution in [0.1, 0.15) is 24.4 Å². The highest BCUT2D eigenvalue weighted by atomic mass is 35.5. The van der Waals surface area contributed by atoms with Gasteiger partial charge in [-0.05, 0) is 46.0 Å². The van der Waals surface area contributed by atoms with Gasteiger partial charge in [0, 0.05) is 12.6 Å². The van der Waals surface area contributed by atoms with Gasteiger partial charge in [-0.1, -0.05) is 48.5 Å². The van der Waals surface area contributed by atoms with E-state index in [1.54, 1.807) is 0 Å². The minimum absolute atomic E-state index is 0. The van der Waals surface area contributed by atoms with Crippen LogP contribution in [0.5, 0.6) is 0 Å². The van der Waals surface area contributed by atoms with Gasteiger partial charge in [0.1, 0.15) is 0 Å². The second-order valence-electron chi connectivity index (χ2n) is 5.20. The lowest BCUT2D eigenvalue weighted by atomic mass is 9.91. The molecule has 0 amide bonds. The van der Waals surface area contributed by atoms with Crippen molar-refractivity contribution >= 4 is 34.0 Å². The quantitative estimate of drug-likeness (QED) is 0.710. The van der Waals surface area contributed by atoms with Crippen LogP contribution in [-0.4, -0.2) is 11.7 Å². The van der Waals surface area contributed by atoms with Gasteiger partial charge >= 0.3 is 0 Å². The third-order valence-electron chi connectivity index (χ3n) is 3.86. The van der Waals surface area contributed by atoms with E-state index in [0.29, 0.717) is 0 Å². The normalized spacial score (nSPS) is 12.3. The number of aliphatic hydroxyl groups is 1. The molecule has 0 unspecified atom stereocenters. The zero-order chi connectivity index (χ0) is 13.9. The molecule has 0 radical (unpaired) electrons. The van der Waals surface area contributed by atoms with Crippen LogP contribution in [0, 0.1) is 0 Å². The number of nitrogens with two attached hydrogens (primary N) is 1. The molecule has 3 aromatic carbocycles. The van der Waals surface area contributed by atoms with E-state index in [9.17, 15) is 0 Å².